The van der Waals surface area contributed by atoms with Gasteiger partial charge in [0.05, 0.1) is 18.9 Å². The lowest BCUT2D eigenvalue weighted by Crippen LogP contribution is -2.20. The van der Waals surface area contributed by atoms with Crippen LogP contribution in [-0.2, 0) is 9.59 Å². The highest BCUT2D eigenvalue weighted by Crippen LogP contribution is 2.25. The average molecular weight is 341 g/mol. The number of amides is 1. The fourth-order valence-corrected chi connectivity index (χ4v) is 2.64. The molecule has 0 aliphatic rings. The molecule has 0 aromatic heterocycles. The quantitative estimate of drug-likeness (QED) is 0.798. The summed E-state index contributed by atoms with van der Waals surface area (Å²) in [5.74, 6) is -1.05. The lowest BCUT2D eigenvalue weighted by Gasteiger charge is -2.16. The smallest absolute Gasteiger partial charge is 0.310 e. The number of methoxy groups -OCH3 is 1. The third kappa shape index (κ3) is 4.59. The van der Waals surface area contributed by atoms with E-state index in [1.807, 2.05) is 31.2 Å². The second-order valence-electron chi connectivity index (χ2n) is 5.91. The minimum Gasteiger partial charge on any atom is -0.497 e. The van der Waals surface area contributed by atoms with Crippen molar-refractivity contribution < 1.29 is 19.4 Å². The fourth-order valence-electron chi connectivity index (χ4n) is 2.64. The molecule has 2 aromatic rings. The SMILES string of the molecule is CCC(C(=O)Nc1ccc(C(C)C(=O)O)cc1)c1ccc(OC)cc1. The van der Waals surface area contributed by atoms with Crippen LogP contribution in [0.15, 0.2) is 48.5 Å². The van der Waals surface area contributed by atoms with Crippen LogP contribution in [0, 0.1) is 0 Å². The Morgan fingerprint density at radius 2 is 1.60 bits per heavy atom. The number of anilines is 1. The van der Waals surface area contributed by atoms with Gasteiger partial charge in [-0.05, 0) is 48.7 Å². The van der Waals surface area contributed by atoms with Crippen molar-refractivity contribution in [3.63, 3.8) is 0 Å². The Kier molecular flexibility index (Phi) is 6.17. The lowest BCUT2D eigenvalue weighted by atomic mass is 9.95. The van der Waals surface area contributed by atoms with Crippen LogP contribution < -0.4 is 10.1 Å². The zero-order valence-electron chi connectivity index (χ0n) is 14.7. The van der Waals surface area contributed by atoms with E-state index < -0.39 is 11.9 Å². The van der Waals surface area contributed by atoms with Gasteiger partial charge >= 0.3 is 5.97 Å². The first-order valence-corrected chi connectivity index (χ1v) is 8.23. The van der Waals surface area contributed by atoms with Crippen molar-refractivity contribution in [2.24, 2.45) is 0 Å². The maximum Gasteiger partial charge on any atom is 0.310 e. The number of ether oxygens (including phenoxy) is 1. The highest BCUT2D eigenvalue weighted by Gasteiger charge is 2.19. The molecule has 2 rings (SSSR count). The molecular weight excluding hydrogens is 318 g/mol. The first kappa shape index (κ1) is 18.5. The molecule has 25 heavy (non-hydrogen) atoms. The third-order valence-corrected chi connectivity index (χ3v) is 4.29. The molecule has 2 atom stereocenters. The molecule has 0 bridgehead atoms. The minimum absolute atomic E-state index is 0.0910. The van der Waals surface area contributed by atoms with Crippen LogP contribution in [0.3, 0.4) is 0 Å². The standard InChI is InChI=1S/C20H23NO4/c1-4-18(15-7-11-17(25-3)12-8-15)19(22)21-16-9-5-14(6-10-16)13(2)20(23)24/h5-13,18H,4H2,1-3H3,(H,21,22)(H,23,24). The maximum atomic E-state index is 12.6. The van der Waals surface area contributed by atoms with Crippen LogP contribution in [0.2, 0.25) is 0 Å². The van der Waals surface area contributed by atoms with Crippen LogP contribution in [0.1, 0.15) is 43.2 Å². The number of carbonyl (C=O) groups excluding carboxylic acids is 1. The van der Waals surface area contributed by atoms with E-state index in [1.54, 1.807) is 38.3 Å². The second-order valence-corrected chi connectivity index (χ2v) is 5.91. The average Bonchev–Trinajstić information content (AvgIpc) is 2.63. The number of carbonyl (C=O) groups is 2. The summed E-state index contributed by atoms with van der Waals surface area (Å²) < 4.78 is 5.14. The number of aliphatic carboxylic acids is 1. The largest absolute Gasteiger partial charge is 0.497 e. The van der Waals surface area contributed by atoms with Crippen LogP contribution >= 0.6 is 0 Å². The van der Waals surface area contributed by atoms with Crippen molar-refractivity contribution in [3.8, 4) is 5.75 Å². The molecule has 0 radical (unpaired) electrons. The number of hydrogen-bond acceptors (Lipinski definition) is 3. The molecule has 2 aromatic carbocycles. The fraction of sp³-hybridized carbons (Fsp3) is 0.300. The van der Waals surface area contributed by atoms with Crippen LogP contribution in [0.25, 0.3) is 0 Å². The first-order valence-electron chi connectivity index (χ1n) is 8.23. The van der Waals surface area contributed by atoms with E-state index in [-0.39, 0.29) is 11.8 Å². The number of carboxylic acids is 1. The lowest BCUT2D eigenvalue weighted by molar-refractivity contribution is -0.138. The molecule has 1 amide bonds. The summed E-state index contributed by atoms with van der Waals surface area (Å²) in [6.07, 6.45) is 0.673. The molecule has 132 valence electrons. The Morgan fingerprint density at radius 1 is 1.04 bits per heavy atom. The summed E-state index contributed by atoms with van der Waals surface area (Å²) >= 11 is 0. The van der Waals surface area contributed by atoms with Gasteiger partial charge in [0.25, 0.3) is 0 Å². The highest BCUT2D eigenvalue weighted by molar-refractivity contribution is 5.95. The molecule has 0 saturated carbocycles. The Balaban J connectivity index is 2.09. The number of nitrogens with one attached hydrogen (secondary N) is 1. The molecule has 0 fully saturated rings. The van der Waals surface area contributed by atoms with Crippen molar-refractivity contribution in [2.45, 2.75) is 32.1 Å². The molecule has 5 nitrogen and oxygen atoms in total. The van der Waals surface area contributed by atoms with Gasteiger partial charge in [0, 0.05) is 5.69 Å². The van der Waals surface area contributed by atoms with E-state index in [9.17, 15) is 9.59 Å². The monoisotopic (exact) mass is 341 g/mol. The molecule has 2 N–H and O–H groups in total. The van der Waals surface area contributed by atoms with E-state index in [0.717, 1.165) is 11.3 Å². The zero-order valence-corrected chi connectivity index (χ0v) is 14.7. The van der Waals surface area contributed by atoms with Crippen molar-refractivity contribution in [2.75, 3.05) is 12.4 Å². The van der Waals surface area contributed by atoms with Crippen LogP contribution in [-0.4, -0.2) is 24.1 Å². The number of benzene rings is 2. The normalized spacial score (nSPS) is 12.9. The van der Waals surface area contributed by atoms with Gasteiger partial charge < -0.3 is 15.2 Å². The molecule has 0 saturated heterocycles. The zero-order chi connectivity index (χ0) is 18.4. The van der Waals surface area contributed by atoms with Crippen molar-refractivity contribution in [3.05, 3.63) is 59.7 Å². The van der Waals surface area contributed by atoms with Crippen LogP contribution in [0.4, 0.5) is 5.69 Å². The summed E-state index contributed by atoms with van der Waals surface area (Å²) in [5.41, 5.74) is 2.28. The van der Waals surface area contributed by atoms with Crippen LogP contribution in [0.5, 0.6) is 5.75 Å². The summed E-state index contributed by atoms with van der Waals surface area (Å²) in [7, 11) is 1.61. The Hall–Kier alpha value is -2.82. The van der Waals surface area contributed by atoms with E-state index in [0.29, 0.717) is 17.7 Å². The number of rotatable bonds is 7. The van der Waals surface area contributed by atoms with Crippen molar-refractivity contribution >= 4 is 17.6 Å². The van der Waals surface area contributed by atoms with Gasteiger partial charge in [0.15, 0.2) is 0 Å². The van der Waals surface area contributed by atoms with Gasteiger partial charge in [-0.15, -0.1) is 0 Å². The second kappa shape index (κ2) is 8.33. The molecule has 0 aliphatic carbocycles. The Bertz CT molecular complexity index is 722. The van der Waals surface area contributed by atoms with E-state index in [2.05, 4.69) is 5.32 Å². The first-order chi connectivity index (χ1) is 12.0. The Labute approximate surface area is 147 Å². The molecule has 2 unspecified atom stereocenters. The highest BCUT2D eigenvalue weighted by atomic mass is 16.5. The van der Waals surface area contributed by atoms with Gasteiger partial charge in [-0.3, -0.25) is 9.59 Å². The minimum atomic E-state index is -0.873. The summed E-state index contributed by atoms with van der Waals surface area (Å²) in [6, 6.07) is 14.4. The summed E-state index contributed by atoms with van der Waals surface area (Å²) in [5, 5.41) is 11.9. The Morgan fingerprint density at radius 3 is 2.08 bits per heavy atom. The third-order valence-electron chi connectivity index (χ3n) is 4.29. The molecule has 0 aliphatic heterocycles. The predicted molar refractivity (Wildman–Crippen MR) is 97.1 cm³/mol. The van der Waals surface area contributed by atoms with E-state index >= 15 is 0 Å². The predicted octanol–water partition coefficient (Wildman–Crippen LogP) is 4.02. The number of hydrogen-bond donors (Lipinski definition) is 2. The molecule has 0 spiro atoms. The number of carboxylic acid groups (broad SMARTS) is 1. The molecular formula is C20H23NO4. The van der Waals surface area contributed by atoms with Gasteiger partial charge in [0.1, 0.15) is 5.75 Å². The maximum absolute atomic E-state index is 12.6. The summed E-state index contributed by atoms with van der Waals surface area (Å²) in [6.45, 7) is 3.60. The molecule has 5 heteroatoms. The topological polar surface area (TPSA) is 75.6 Å². The van der Waals surface area contributed by atoms with Gasteiger partial charge in [-0.2, -0.15) is 0 Å². The van der Waals surface area contributed by atoms with Gasteiger partial charge in [-0.25, -0.2) is 0 Å². The van der Waals surface area contributed by atoms with Crippen molar-refractivity contribution in [1.82, 2.24) is 0 Å². The van der Waals surface area contributed by atoms with Gasteiger partial charge in [0.2, 0.25) is 5.91 Å². The summed E-state index contributed by atoms with van der Waals surface area (Å²) in [4.78, 5) is 23.6. The van der Waals surface area contributed by atoms with Crippen molar-refractivity contribution in [1.29, 1.82) is 0 Å². The molecule has 0 heterocycles. The van der Waals surface area contributed by atoms with Gasteiger partial charge in [-0.1, -0.05) is 31.2 Å². The van der Waals surface area contributed by atoms with E-state index in [1.165, 1.54) is 0 Å². The van der Waals surface area contributed by atoms with E-state index in [4.69, 9.17) is 9.84 Å².